The van der Waals surface area contributed by atoms with Crippen molar-refractivity contribution >= 4 is 22.7 Å². The van der Waals surface area contributed by atoms with Gasteiger partial charge in [-0.1, -0.05) is 32.9 Å². The molecule has 4 atom stereocenters. The normalized spacial score (nSPS) is 26.2. The molecule has 0 radical (unpaired) electrons. The molecule has 7 heteroatoms. The van der Waals surface area contributed by atoms with Gasteiger partial charge in [0.1, 0.15) is 0 Å². The Labute approximate surface area is 182 Å². The van der Waals surface area contributed by atoms with Gasteiger partial charge in [0.2, 0.25) is 11.8 Å². The Morgan fingerprint density at radius 2 is 2.00 bits per heavy atom. The maximum atomic E-state index is 12.6. The summed E-state index contributed by atoms with van der Waals surface area (Å²) < 4.78 is 1.49. The minimum absolute atomic E-state index is 0.0548. The highest BCUT2D eigenvalue weighted by atomic mass is 16.2. The molecule has 1 aromatic heterocycles. The van der Waals surface area contributed by atoms with E-state index in [0.29, 0.717) is 35.7 Å². The van der Waals surface area contributed by atoms with Crippen molar-refractivity contribution in [3.05, 3.63) is 40.9 Å². The molecule has 1 aliphatic carbocycles. The summed E-state index contributed by atoms with van der Waals surface area (Å²) in [6.45, 7) is 6.93. The van der Waals surface area contributed by atoms with E-state index < -0.39 is 0 Å². The molecular weight excluding hydrogens is 392 g/mol. The predicted molar refractivity (Wildman–Crippen MR) is 119 cm³/mol. The molecule has 31 heavy (non-hydrogen) atoms. The van der Waals surface area contributed by atoms with Crippen molar-refractivity contribution in [2.45, 2.75) is 71.5 Å². The second kappa shape index (κ2) is 8.44. The van der Waals surface area contributed by atoms with E-state index in [9.17, 15) is 14.4 Å². The smallest absolute Gasteiger partial charge is 0.261 e. The number of fused-ring (bicyclic) bond motifs is 2. The lowest BCUT2D eigenvalue weighted by atomic mass is 9.62. The molecule has 1 aliphatic heterocycles. The van der Waals surface area contributed by atoms with Crippen LogP contribution < -0.4 is 16.2 Å². The fourth-order valence-electron chi connectivity index (χ4n) is 5.33. The number of nitrogens with one attached hydrogen (secondary N) is 2. The molecule has 2 N–H and O–H groups in total. The number of aromatic nitrogens is 2. The molecule has 7 nitrogen and oxygen atoms in total. The van der Waals surface area contributed by atoms with Gasteiger partial charge in [-0.15, -0.1) is 0 Å². The first-order valence-corrected chi connectivity index (χ1v) is 11.3. The fourth-order valence-corrected chi connectivity index (χ4v) is 5.33. The second-order valence-electron chi connectivity index (χ2n) is 10.1. The standard InChI is InChI=1S/C24H32N4O3/c1-24(2,3)18-13-22(30)27-20-12-15(8-9-16(18)20)26-21(29)10-11-28-14-25-19-7-5-4-6-17(19)23(28)31/h4-7,14-16,18,20H,8-13H2,1-3H3,(H,26,29)(H,27,30). The number of hydrogen-bond donors (Lipinski definition) is 2. The summed E-state index contributed by atoms with van der Waals surface area (Å²) in [5, 5.41) is 6.84. The van der Waals surface area contributed by atoms with E-state index in [4.69, 9.17) is 0 Å². The SMILES string of the molecule is CC(C)(C)C1CC(=O)NC2CC(NC(=O)CCn3cnc4ccccc4c3=O)CCC21. The number of amides is 2. The molecular formula is C24H32N4O3. The van der Waals surface area contributed by atoms with E-state index in [1.165, 1.54) is 10.9 Å². The number of hydrogen-bond acceptors (Lipinski definition) is 4. The summed E-state index contributed by atoms with van der Waals surface area (Å²) in [5.74, 6) is 0.887. The molecule has 4 rings (SSSR count). The third kappa shape index (κ3) is 4.65. The molecule has 2 aliphatic rings. The van der Waals surface area contributed by atoms with Crippen LogP contribution in [0.25, 0.3) is 10.9 Å². The predicted octanol–water partition coefficient (Wildman–Crippen LogP) is 2.62. The molecule has 1 saturated heterocycles. The first-order valence-electron chi connectivity index (χ1n) is 11.3. The van der Waals surface area contributed by atoms with Crippen molar-refractivity contribution in [1.29, 1.82) is 0 Å². The molecule has 2 heterocycles. The van der Waals surface area contributed by atoms with Crippen LogP contribution >= 0.6 is 0 Å². The molecule has 1 saturated carbocycles. The number of rotatable bonds is 4. The minimum Gasteiger partial charge on any atom is -0.353 e. The van der Waals surface area contributed by atoms with Crippen molar-refractivity contribution in [3.8, 4) is 0 Å². The van der Waals surface area contributed by atoms with Gasteiger partial charge in [0.25, 0.3) is 5.56 Å². The third-order valence-electron chi connectivity index (χ3n) is 6.96. The number of carbonyl (C=O) groups excluding carboxylic acids is 2. The first-order chi connectivity index (χ1) is 14.7. The summed E-state index contributed by atoms with van der Waals surface area (Å²) in [6, 6.07) is 7.39. The Morgan fingerprint density at radius 1 is 1.23 bits per heavy atom. The van der Waals surface area contributed by atoms with E-state index in [0.717, 1.165) is 19.3 Å². The zero-order valence-electron chi connectivity index (χ0n) is 18.6. The summed E-state index contributed by atoms with van der Waals surface area (Å²) in [7, 11) is 0. The van der Waals surface area contributed by atoms with Crippen LogP contribution in [-0.4, -0.2) is 33.4 Å². The van der Waals surface area contributed by atoms with Gasteiger partial charge in [-0.3, -0.25) is 19.0 Å². The number of nitrogens with zero attached hydrogens (tertiary/aromatic N) is 2. The molecule has 2 aromatic rings. The third-order valence-corrected chi connectivity index (χ3v) is 6.96. The lowest BCUT2D eigenvalue weighted by Crippen LogP contribution is -2.57. The van der Waals surface area contributed by atoms with Crippen molar-refractivity contribution in [3.63, 3.8) is 0 Å². The maximum Gasteiger partial charge on any atom is 0.261 e. The van der Waals surface area contributed by atoms with Gasteiger partial charge in [-0.05, 0) is 48.6 Å². The van der Waals surface area contributed by atoms with Gasteiger partial charge < -0.3 is 10.6 Å². The number of aryl methyl sites for hydroxylation is 1. The fraction of sp³-hybridized carbons (Fsp3) is 0.583. The number of piperidine rings is 1. The van der Waals surface area contributed by atoms with E-state index in [1.54, 1.807) is 12.1 Å². The van der Waals surface area contributed by atoms with Crippen molar-refractivity contribution in [2.24, 2.45) is 17.3 Å². The van der Waals surface area contributed by atoms with E-state index >= 15 is 0 Å². The average Bonchev–Trinajstić information content (AvgIpc) is 2.72. The zero-order chi connectivity index (χ0) is 22.2. The Balaban J connectivity index is 1.34. The Morgan fingerprint density at radius 3 is 2.77 bits per heavy atom. The molecule has 2 amide bonds. The highest BCUT2D eigenvalue weighted by molar-refractivity contribution is 5.78. The van der Waals surface area contributed by atoms with Crippen LogP contribution in [0.5, 0.6) is 0 Å². The average molecular weight is 425 g/mol. The molecule has 4 unspecified atom stereocenters. The zero-order valence-corrected chi connectivity index (χ0v) is 18.6. The van der Waals surface area contributed by atoms with Gasteiger partial charge in [-0.25, -0.2) is 4.98 Å². The molecule has 166 valence electrons. The summed E-state index contributed by atoms with van der Waals surface area (Å²) in [6.07, 6.45) is 5.02. The van der Waals surface area contributed by atoms with Crippen LogP contribution in [-0.2, 0) is 16.1 Å². The minimum atomic E-state index is -0.128. The summed E-state index contributed by atoms with van der Waals surface area (Å²) >= 11 is 0. The Kier molecular flexibility index (Phi) is 5.86. The molecule has 1 aromatic carbocycles. The van der Waals surface area contributed by atoms with Crippen molar-refractivity contribution in [1.82, 2.24) is 20.2 Å². The van der Waals surface area contributed by atoms with Crippen LogP contribution in [0.4, 0.5) is 0 Å². The van der Waals surface area contributed by atoms with Gasteiger partial charge in [0.05, 0.1) is 17.2 Å². The van der Waals surface area contributed by atoms with Crippen LogP contribution in [0, 0.1) is 17.3 Å². The molecule has 0 spiro atoms. The number of para-hydroxylation sites is 1. The summed E-state index contributed by atoms with van der Waals surface area (Å²) in [5.41, 5.74) is 0.628. The van der Waals surface area contributed by atoms with E-state index in [1.807, 2.05) is 12.1 Å². The van der Waals surface area contributed by atoms with Crippen LogP contribution in [0.1, 0.15) is 52.9 Å². The number of benzene rings is 1. The monoisotopic (exact) mass is 424 g/mol. The van der Waals surface area contributed by atoms with E-state index in [2.05, 4.69) is 36.4 Å². The lowest BCUT2D eigenvalue weighted by Gasteiger charge is -2.48. The highest BCUT2D eigenvalue weighted by Crippen LogP contribution is 2.44. The summed E-state index contributed by atoms with van der Waals surface area (Å²) in [4.78, 5) is 41.7. The van der Waals surface area contributed by atoms with Gasteiger partial charge in [0.15, 0.2) is 0 Å². The quantitative estimate of drug-likeness (QED) is 0.789. The van der Waals surface area contributed by atoms with Gasteiger partial charge >= 0.3 is 0 Å². The molecule has 0 bridgehead atoms. The highest BCUT2D eigenvalue weighted by Gasteiger charge is 2.45. The maximum absolute atomic E-state index is 12.6. The number of carbonyl (C=O) groups is 2. The van der Waals surface area contributed by atoms with Crippen LogP contribution in [0.2, 0.25) is 0 Å². The van der Waals surface area contributed by atoms with Crippen LogP contribution in [0.3, 0.4) is 0 Å². The van der Waals surface area contributed by atoms with Crippen molar-refractivity contribution in [2.75, 3.05) is 0 Å². The lowest BCUT2D eigenvalue weighted by molar-refractivity contribution is -0.130. The largest absolute Gasteiger partial charge is 0.353 e. The second-order valence-corrected chi connectivity index (χ2v) is 10.1. The Bertz CT molecular complexity index is 1040. The topological polar surface area (TPSA) is 93.1 Å². The molecule has 2 fully saturated rings. The van der Waals surface area contributed by atoms with Gasteiger partial charge in [0, 0.05) is 31.5 Å². The van der Waals surface area contributed by atoms with Crippen LogP contribution in [0.15, 0.2) is 35.4 Å². The first kappa shape index (κ1) is 21.5. The Hall–Kier alpha value is -2.70. The van der Waals surface area contributed by atoms with Crippen molar-refractivity contribution < 1.29 is 9.59 Å². The van der Waals surface area contributed by atoms with E-state index in [-0.39, 0.29) is 41.3 Å². The van der Waals surface area contributed by atoms with Gasteiger partial charge in [-0.2, -0.15) is 0 Å².